The second kappa shape index (κ2) is 7.18. The summed E-state index contributed by atoms with van der Waals surface area (Å²) in [6.07, 6.45) is 8.36. The number of benzene rings is 1. The maximum atomic E-state index is 6.03. The molecule has 25 heavy (non-hydrogen) atoms. The molecule has 2 heterocycles. The number of hydrogen-bond donors (Lipinski definition) is 1. The second-order valence-corrected chi connectivity index (χ2v) is 7.00. The van der Waals surface area contributed by atoms with Crippen molar-refractivity contribution in [3.63, 3.8) is 0 Å². The van der Waals surface area contributed by atoms with E-state index in [0.29, 0.717) is 12.1 Å². The fraction of sp³-hybridized carbons (Fsp3) is 0.550. The Hall–Kier alpha value is -1.85. The van der Waals surface area contributed by atoms with E-state index in [0.717, 1.165) is 44.0 Å². The van der Waals surface area contributed by atoms with Gasteiger partial charge in [-0.25, -0.2) is 4.98 Å². The van der Waals surface area contributed by atoms with Crippen LogP contribution in [0.5, 0.6) is 5.75 Å². The number of imidazole rings is 1. The Morgan fingerprint density at radius 1 is 1.32 bits per heavy atom. The lowest BCUT2D eigenvalue weighted by Gasteiger charge is -2.30. The fourth-order valence-corrected chi connectivity index (χ4v) is 4.17. The Balaban J connectivity index is 1.46. The van der Waals surface area contributed by atoms with Crippen molar-refractivity contribution in [2.24, 2.45) is 0 Å². The molecule has 0 amide bonds. The van der Waals surface area contributed by atoms with Crippen molar-refractivity contribution in [3.05, 3.63) is 47.5 Å². The van der Waals surface area contributed by atoms with E-state index < -0.39 is 0 Å². The van der Waals surface area contributed by atoms with Crippen LogP contribution in [0.15, 0.2) is 30.6 Å². The van der Waals surface area contributed by atoms with Gasteiger partial charge in [-0.15, -0.1) is 0 Å². The average Bonchev–Trinajstić information content (AvgIpc) is 3.29. The molecule has 1 aliphatic carbocycles. The van der Waals surface area contributed by atoms with E-state index in [-0.39, 0.29) is 6.10 Å². The van der Waals surface area contributed by atoms with Crippen LogP contribution in [0.25, 0.3) is 0 Å². The quantitative estimate of drug-likeness (QED) is 0.908. The molecule has 1 fully saturated rings. The van der Waals surface area contributed by atoms with Crippen LogP contribution in [0.2, 0.25) is 0 Å². The first-order valence-electron chi connectivity index (χ1n) is 9.33. The molecule has 0 saturated carbocycles. The van der Waals surface area contributed by atoms with Crippen LogP contribution in [-0.2, 0) is 24.1 Å². The normalized spacial score (nSPS) is 25.8. The largest absolute Gasteiger partial charge is 0.497 e. The second-order valence-electron chi connectivity index (χ2n) is 7.00. The molecule has 1 N–H and O–H groups in total. The zero-order chi connectivity index (χ0) is 17.2. The van der Waals surface area contributed by atoms with Gasteiger partial charge in [0.2, 0.25) is 0 Å². The van der Waals surface area contributed by atoms with Gasteiger partial charge >= 0.3 is 0 Å². The number of nitrogens with one attached hydrogen (secondary N) is 1. The van der Waals surface area contributed by atoms with Gasteiger partial charge in [0.05, 0.1) is 7.11 Å². The highest BCUT2D eigenvalue weighted by molar-refractivity contribution is 5.38. The molecule has 5 heteroatoms. The molecule has 0 spiro atoms. The van der Waals surface area contributed by atoms with Crippen molar-refractivity contribution in [1.82, 2.24) is 14.9 Å². The molecule has 1 aromatic heterocycles. The Kier molecular flexibility index (Phi) is 4.77. The van der Waals surface area contributed by atoms with Crippen LogP contribution < -0.4 is 10.1 Å². The number of aryl methyl sites for hydroxylation is 2. The molecule has 3 atom stereocenters. The van der Waals surface area contributed by atoms with Crippen LogP contribution in [0.3, 0.4) is 0 Å². The lowest BCUT2D eigenvalue weighted by molar-refractivity contribution is 0.0860. The average molecular weight is 341 g/mol. The first-order valence-corrected chi connectivity index (χ1v) is 9.33. The van der Waals surface area contributed by atoms with Crippen LogP contribution in [0, 0.1) is 0 Å². The van der Waals surface area contributed by atoms with Gasteiger partial charge < -0.3 is 19.4 Å². The SMILES string of the molecule is CCn1ccnc1[C@H]1OCC[C@@H]1N[C@@H]1CCc2ccc(OC)cc2C1. The molecule has 1 aromatic carbocycles. The number of methoxy groups -OCH3 is 1. The molecule has 0 radical (unpaired) electrons. The van der Waals surface area contributed by atoms with Gasteiger partial charge in [0.25, 0.3) is 0 Å². The minimum absolute atomic E-state index is 0.0571. The van der Waals surface area contributed by atoms with Crippen molar-refractivity contribution in [3.8, 4) is 5.75 Å². The molecular weight excluding hydrogens is 314 g/mol. The zero-order valence-corrected chi connectivity index (χ0v) is 15.1. The molecular formula is C20H27N3O2. The van der Waals surface area contributed by atoms with Crippen LogP contribution >= 0.6 is 0 Å². The summed E-state index contributed by atoms with van der Waals surface area (Å²) in [5, 5.41) is 3.87. The summed E-state index contributed by atoms with van der Waals surface area (Å²) < 4.78 is 13.6. The Morgan fingerprint density at radius 3 is 3.08 bits per heavy atom. The highest BCUT2D eigenvalue weighted by atomic mass is 16.5. The minimum Gasteiger partial charge on any atom is -0.497 e. The topological polar surface area (TPSA) is 48.3 Å². The molecule has 2 aromatic rings. The summed E-state index contributed by atoms with van der Waals surface area (Å²) in [7, 11) is 1.73. The highest BCUT2D eigenvalue weighted by Crippen LogP contribution is 2.31. The summed E-state index contributed by atoms with van der Waals surface area (Å²) in [5.41, 5.74) is 2.87. The predicted octanol–water partition coefficient (Wildman–Crippen LogP) is 2.89. The summed E-state index contributed by atoms with van der Waals surface area (Å²) >= 11 is 0. The van der Waals surface area contributed by atoms with E-state index in [1.54, 1.807) is 7.11 Å². The van der Waals surface area contributed by atoms with Gasteiger partial charge in [0.15, 0.2) is 0 Å². The monoisotopic (exact) mass is 341 g/mol. The van der Waals surface area contributed by atoms with E-state index in [9.17, 15) is 0 Å². The van der Waals surface area contributed by atoms with E-state index in [2.05, 4.69) is 40.0 Å². The smallest absolute Gasteiger partial charge is 0.139 e. The standard InChI is InChI=1S/C20H27N3O2/c1-3-23-10-9-21-20(23)19-18(8-11-25-19)22-16-6-4-14-5-7-17(24-2)13-15(14)12-16/h5,7,9-10,13,16,18-19,22H,3-4,6,8,11-12H2,1-2H3/t16-,18+,19+/m1/s1. The predicted molar refractivity (Wildman–Crippen MR) is 96.9 cm³/mol. The van der Waals surface area contributed by atoms with Gasteiger partial charge in [0.1, 0.15) is 17.7 Å². The van der Waals surface area contributed by atoms with Crippen molar-refractivity contribution in [2.75, 3.05) is 13.7 Å². The summed E-state index contributed by atoms with van der Waals surface area (Å²) in [6, 6.07) is 7.29. The number of nitrogens with zero attached hydrogens (tertiary/aromatic N) is 2. The van der Waals surface area contributed by atoms with Gasteiger partial charge in [0, 0.05) is 37.6 Å². The van der Waals surface area contributed by atoms with Gasteiger partial charge in [-0.3, -0.25) is 0 Å². The van der Waals surface area contributed by atoms with E-state index in [4.69, 9.17) is 9.47 Å². The van der Waals surface area contributed by atoms with E-state index in [1.165, 1.54) is 17.5 Å². The van der Waals surface area contributed by atoms with E-state index in [1.807, 2.05) is 12.4 Å². The lowest BCUT2D eigenvalue weighted by Crippen LogP contribution is -2.43. The van der Waals surface area contributed by atoms with Crippen molar-refractivity contribution in [1.29, 1.82) is 0 Å². The molecule has 0 bridgehead atoms. The maximum absolute atomic E-state index is 6.03. The summed E-state index contributed by atoms with van der Waals surface area (Å²) in [6.45, 7) is 3.88. The highest BCUT2D eigenvalue weighted by Gasteiger charge is 2.34. The molecule has 0 unspecified atom stereocenters. The third-order valence-corrected chi connectivity index (χ3v) is 5.53. The van der Waals surface area contributed by atoms with Crippen LogP contribution in [0.4, 0.5) is 0 Å². The number of fused-ring (bicyclic) bond motifs is 1. The molecule has 4 rings (SSSR count). The molecule has 5 nitrogen and oxygen atoms in total. The number of aromatic nitrogens is 2. The van der Waals surface area contributed by atoms with Crippen LogP contribution in [-0.4, -0.2) is 35.4 Å². The summed E-state index contributed by atoms with van der Waals surface area (Å²) in [4.78, 5) is 4.55. The third-order valence-electron chi connectivity index (χ3n) is 5.53. The number of hydrogen-bond acceptors (Lipinski definition) is 4. The van der Waals surface area contributed by atoms with Gasteiger partial charge in [-0.05, 0) is 55.9 Å². The van der Waals surface area contributed by atoms with Crippen molar-refractivity contribution < 1.29 is 9.47 Å². The third kappa shape index (κ3) is 3.31. The Morgan fingerprint density at radius 2 is 2.24 bits per heavy atom. The summed E-state index contributed by atoms with van der Waals surface area (Å²) in [5.74, 6) is 2.00. The van der Waals surface area contributed by atoms with Crippen molar-refractivity contribution >= 4 is 0 Å². The van der Waals surface area contributed by atoms with Crippen LogP contribution in [0.1, 0.15) is 42.8 Å². The van der Waals surface area contributed by atoms with E-state index >= 15 is 0 Å². The number of rotatable bonds is 5. The minimum atomic E-state index is 0.0571. The number of ether oxygens (including phenoxy) is 2. The molecule has 2 aliphatic rings. The lowest BCUT2D eigenvalue weighted by atomic mass is 9.87. The Labute approximate surface area is 149 Å². The molecule has 1 aliphatic heterocycles. The van der Waals surface area contributed by atoms with Gasteiger partial charge in [-0.1, -0.05) is 6.07 Å². The molecule has 1 saturated heterocycles. The zero-order valence-electron chi connectivity index (χ0n) is 15.1. The first-order chi connectivity index (χ1) is 12.3. The Bertz CT molecular complexity index is 727. The molecule has 134 valence electrons. The maximum Gasteiger partial charge on any atom is 0.139 e. The van der Waals surface area contributed by atoms with Gasteiger partial charge in [-0.2, -0.15) is 0 Å². The first kappa shape index (κ1) is 16.6. The van der Waals surface area contributed by atoms with Crippen molar-refractivity contribution in [2.45, 2.75) is 57.3 Å². The fourth-order valence-electron chi connectivity index (χ4n) is 4.17.